The summed E-state index contributed by atoms with van der Waals surface area (Å²) in [7, 11) is -3.18. The van der Waals surface area contributed by atoms with Crippen LogP contribution in [-0.2, 0) is 16.6 Å². The third kappa shape index (κ3) is 3.70. The first kappa shape index (κ1) is 18.3. The fraction of sp³-hybridized carbons (Fsp3) is 0.211. The molecule has 0 unspecified atom stereocenters. The van der Waals surface area contributed by atoms with Crippen molar-refractivity contribution in [3.05, 3.63) is 64.1 Å². The van der Waals surface area contributed by atoms with Crippen LogP contribution >= 0.6 is 23.2 Å². The number of halogens is 2. The summed E-state index contributed by atoms with van der Waals surface area (Å²) in [6, 6.07) is 14.7. The maximum atomic E-state index is 12.1. The SMILES string of the molecule is O=S1(=O)CCCN1c1cccc(CNc2ccc3c(Cl)ccc(Cl)c3n2)c1. The molecular formula is C19H17Cl2N3O2S. The van der Waals surface area contributed by atoms with Crippen molar-refractivity contribution in [1.29, 1.82) is 0 Å². The smallest absolute Gasteiger partial charge is 0.235 e. The van der Waals surface area contributed by atoms with Crippen LogP contribution in [0.2, 0.25) is 10.0 Å². The van der Waals surface area contributed by atoms with Crippen LogP contribution in [0, 0.1) is 0 Å². The minimum atomic E-state index is -3.18. The molecule has 3 aromatic rings. The van der Waals surface area contributed by atoms with E-state index in [9.17, 15) is 8.42 Å². The number of nitrogens with zero attached hydrogens (tertiary/aromatic N) is 2. The lowest BCUT2D eigenvalue weighted by Gasteiger charge is -2.18. The highest BCUT2D eigenvalue weighted by atomic mass is 35.5. The Balaban J connectivity index is 1.55. The van der Waals surface area contributed by atoms with Crippen molar-refractivity contribution in [2.45, 2.75) is 13.0 Å². The normalized spacial score (nSPS) is 16.0. The number of sulfonamides is 1. The molecule has 140 valence electrons. The number of benzene rings is 2. The van der Waals surface area contributed by atoms with Gasteiger partial charge < -0.3 is 5.32 Å². The van der Waals surface area contributed by atoms with E-state index in [1.165, 1.54) is 4.31 Å². The molecule has 1 aliphatic rings. The van der Waals surface area contributed by atoms with Crippen molar-refractivity contribution in [3.8, 4) is 0 Å². The van der Waals surface area contributed by atoms with Crippen LogP contribution in [0.25, 0.3) is 10.9 Å². The van der Waals surface area contributed by atoms with E-state index in [1.807, 2.05) is 36.4 Å². The van der Waals surface area contributed by atoms with Gasteiger partial charge in [0.2, 0.25) is 10.0 Å². The summed E-state index contributed by atoms with van der Waals surface area (Å²) < 4.78 is 25.7. The molecule has 5 nitrogen and oxygen atoms in total. The summed E-state index contributed by atoms with van der Waals surface area (Å²) >= 11 is 12.4. The van der Waals surface area contributed by atoms with Crippen molar-refractivity contribution < 1.29 is 8.42 Å². The first-order valence-corrected chi connectivity index (χ1v) is 10.9. The van der Waals surface area contributed by atoms with Gasteiger partial charge in [-0.1, -0.05) is 35.3 Å². The largest absolute Gasteiger partial charge is 0.366 e. The van der Waals surface area contributed by atoms with Crippen molar-refractivity contribution >= 4 is 55.6 Å². The molecule has 0 aliphatic carbocycles. The van der Waals surface area contributed by atoms with Gasteiger partial charge in [0.1, 0.15) is 5.82 Å². The van der Waals surface area contributed by atoms with Crippen LogP contribution in [0.5, 0.6) is 0 Å². The molecule has 1 saturated heterocycles. The van der Waals surface area contributed by atoms with Crippen molar-refractivity contribution in [2.75, 3.05) is 21.9 Å². The van der Waals surface area contributed by atoms with E-state index < -0.39 is 10.0 Å². The maximum absolute atomic E-state index is 12.1. The van der Waals surface area contributed by atoms with Crippen LogP contribution in [0.1, 0.15) is 12.0 Å². The number of fused-ring (bicyclic) bond motifs is 1. The van der Waals surface area contributed by atoms with Gasteiger partial charge in [0.25, 0.3) is 0 Å². The highest BCUT2D eigenvalue weighted by Gasteiger charge is 2.28. The molecule has 0 spiro atoms. The molecule has 27 heavy (non-hydrogen) atoms. The number of nitrogens with one attached hydrogen (secondary N) is 1. The molecule has 0 radical (unpaired) electrons. The maximum Gasteiger partial charge on any atom is 0.235 e. The van der Waals surface area contributed by atoms with Crippen LogP contribution in [0.3, 0.4) is 0 Å². The summed E-state index contributed by atoms with van der Waals surface area (Å²) in [6.45, 7) is 1.04. The predicted molar refractivity (Wildman–Crippen MR) is 111 cm³/mol. The Morgan fingerprint density at radius 3 is 2.67 bits per heavy atom. The molecule has 1 fully saturated rings. The van der Waals surface area contributed by atoms with E-state index in [-0.39, 0.29) is 5.75 Å². The van der Waals surface area contributed by atoms with Gasteiger partial charge in [-0.2, -0.15) is 0 Å². The van der Waals surface area contributed by atoms with E-state index in [4.69, 9.17) is 23.2 Å². The summed E-state index contributed by atoms with van der Waals surface area (Å²) in [5.41, 5.74) is 2.31. The zero-order chi connectivity index (χ0) is 19.0. The second-order valence-corrected chi connectivity index (χ2v) is 9.21. The topological polar surface area (TPSA) is 62.3 Å². The van der Waals surface area contributed by atoms with Crippen LogP contribution in [-0.4, -0.2) is 25.7 Å². The highest BCUT2D eigenvalue weighted by molar-refractivity contribution is 7.93. The average Bonchev–Trinajstić information content (AvgIpc) is 3.02. The molecule has 1 aromatic heterocycles. The molecule has 1 N–H and O–H groups in total. The molecular weight excluding hydrogens is 405 g/mol. The zero-order valence-electron chi connectivity index (χ0n) is 14.3. The number of rotatable bonds is 4. The number of aromatic nitrogens is 1. The molecule has 0 bridgehead atoms. The van der Waals surface area contributed by atoms with E-state index in [1.54, 1.807) is 12.1 Å². The number of hydrogen-bond donors (Lipinski definition) is 1. The molecule has 0 amide bonds. The van der Waals surface area contributed by atoms with Gasteiger partial charge in [-0.05, 0) is 48.4 Å². The van der Waals surface area contributed by atoms with Gasteiger partial charge in [0.05, 0.1) is 27.0 Å². The molecule has 4 rings (SSSR count). The monoisotopic (exact) mass is 421 g/mol. The van der Waals surface area contributed by atoms with Crippen LogP contribution < -0.4 is 9.62 Å². The van der Waals surface area contributed by atoms with Crippen molar-refractivity contribution in [3.63, 3.8) is 0 Å². The van der Waals surface area contributed by atoms with Gasteiger partial charge >= 0.3 is 0 Å². The summed E-state index contributed by atoms with van der Waals surface area (Å²) in [5, 5.41) is 5.20. The average molecular weight is 422 g/mol. The highest BCUT2D eigenvalue weighted by Crippen LogP contribution is 2.30. The minimum Gasteiger partial charge on any atom is -0.366 e. The number of pyridine rings is 1. The fourth-order valence-electron chi connectivity index (χ4n) is 3.19. The van der Waals surface area contributed by atoms with Gasteiger partial charge in [-0.3, -0.25) is 4.31 Å². The Bertz CT molecular complexity index is 1120. The van der Waals surface area contributed by atoms with E-state index >= 15 is 0 Å². The Labute approximate surface area is 168 Å². The lowest BCUT2D eigenvalue weighted by atomic mass is 10.2. The van der Waals surface area contributed by atoms with E-state index in [2.05, 4.69) is 10.3 Å². The molecule has 1 aliphatic heterocycles. The van der Waals surface area contributed by atoms with Gasteiger partial charge in [-0.25, -0.2) is 13.4 Å². The Morgan fingerprint density at radius 2 is 1.89 bits per heavy atom. The van der Waals surface area contributed by atoms with Gasteiger partial charge in [0.15, 0.2) is 0 Å². The Morgan fingerprint density at radius 1 is 1.07 bits per heavy atom. The van der Waals surface area contributed by atoms with Crippen LogP contribution in [0.15, 0.2) is 48.5 Å². The lowest BCUT2D eigenvalue weighted by Crippen LogP contribution is -2.25. The third-order valence-corrected chi connectivity index (χ3v) is 7.03. The zero-order valence-corrected chi connectivity index (χ0v) is 16.7. The second kappa shape index (κ2) is 7.19. The lowest BCUT2D eigenvalue weighted by molar-refractivity contribution is 0.599. The first-order valence-electron chi connectivity index (χ1n) is 8.52. The second-order valence-electron chi connectivity index (χ2n) is 6.39. The number of hydrogen-bond acceptors (Lipinski definition) is 4. The van der Waals surface area contributed by atoms with Gasteiger partial charge in [0, 0.05) is 18.5 Å². The quantitative estimate of drug-likeness (QED) is 0.663. The van der Waals surface area contributed by atoms with Crippen molar-refractivity contribution in [2.24, 2.45) is 0 Å². The summed E-state index contributed by atoms with van der Waals surface area (Å²) in [4.78, 5) is 4.54. The summed E-state index contributed by atoms with van der Waals surface area (Å²) in [5.74, 6) is 0.880. The van der Waals surface area contributed by atoms with Crippen molar-refractivity contribution in [1.82, 2.24) is 4.98 Å². The molecule has 8 heteroatoms. The standard InChI is InChI=1S/C19H17Cl2N3O2S/c20-16-6-7-17(21)19-15(16)5-8-18(23-19)22-12-13-3-1-4-14(11-13)24-9-2-10-27(24,25)26/h1,3-8,11H,2,9-10,12H2,(H,22,23). The minimum absolute atomic E-state index is 0.208. The fourth-order valence-corrected chi connectivity index (χ4v) is 5.17. The Kier molecular flexibility index (Phi) is 4.88. The summed E-state index contributed by atoms with van der Waals surface area (Å²) in [6.07, 6.45) is 0.662. The molecule has 0 atom stereocenters. The van der Waals surface area contributed by atoms with Gasteiger partial charge in [-0.15, -0.1) is 0 Å². The third-order valence-electron chi connectivity index (χ3n) is 4.53. The molecule has 2 heterocycles. The first-order chi connectivity index (χ1) is 12.9. The number of anilines is 2. The van der Waals surface area contributed by atoms with E-state index in [0.29, 0.717) is 46.6 Å². The molecule has 0 saturated carbocycles. The molecule has 2 aromatic carbocycles. The Hall–Kier alpha value is -2.02. The van der Waals surface area contributed by atoms with Crippen LogP contribution in [0.4, 0.5) is 11.5 Å². The van der Waals surface area contributed by atoms with E-state index in [0.717, 1.165) is 10.9 Å². The predicted octanol–water partition coefficient (Wildman–Crippen LogP) is 4.69.